The summed E-state index contributed by atoms with van der Waals surface area (Å²) in [5.74, 6) is 0. The minimum Gasteiger partial charge on any atom is -0.445 e. The predicted octanol–water partition coefficient (Wildman–Crippen LogP) is 2.59. The number of carbonyl (C=O) groups is 1. The first-order chi connectivity index (χ1) is 14.5. The topological polar surface area (TPSA) is 84.4 Å². The van der Waals surface area contributed by atoms with Crippen molar-refractivity contribution in [2.75, 3.05) is 6.54 Å². The minimum atomic E-state index is -0.472. The fraction of sp³-hybridized carbons (Fsp3) is 0.261. The zero-order valence-corrected chi connectivity index (χ0v) is 16.8. The van der Waals surface area contributed by atoms with E-state index >= 15 is 0 Å². The fourth-order valence-electron chi connectivity index (χ4n) is 3.54. The van der Waals surface area contributed by atoms with Crippen molar-refractivity contribution in [3.8, 4) is 0 Å². The maximum Gasteiger partial charge on any atom is 0.410 e. The Labute approximate surface area is 173 Å². The van der Waals surface area contributed by atoms with Crippen LogP contribution in [0.4, 0.5) is 4.79 Å². The van der Waals surface area contributed by atoms with Gasteiger partial charge < -0.3 is 14.6 Å². The molecule has 0 radical (unpaired) electrons. The molecule has 0 atom stereocenters. The molecule has 1 aliphatic rings. The number of hydrogen-bond donors (Lipinski definition) is 1. The maximum absolute atomic E-state index is 13.0. The van der Waals surface area contributed by atoms with Gasteiger partial charge in [-0.3, -0.25) is 9.36 Å². The van der Waals surface area contributed by atoms with Crippen LogP contribution in [-0.2, 0) is 30.9 Å². The summed E-state index contributed by atoms with van der Waals surface area (Å²) in [4.78, 5) is 42.3. The van der Waals surface area contributed by atoms with Crippen molar-refractivity contribution in [1.29, 1.82) is 0 Å². The van der Waals surface area contributed by atoms with E-state index in [2.05, 4.69) is 4.98 Å². The number of ether oxygens (including phenoxy) is 1. The number of nitrogens with zero attached hydrogens (tertiary/aromatic N) is 2. The van der Waals surface area contributed by atoms with E-state index < -0.39 is 11.8 Å². The monoisotopic (exact) mass is 405 g/mol. The van der Waals surface area contributed by atoms with Gasteiger partial charge in [-0.1, -0.05) is 60.2 Å². The summed E-state index contributed by atoms with van der Waals surface area (Å²) in [5.41, 5.74) is 3.10. The highest BCUT2D eigenvalue weighted by molar-refractivity contribution is 5.68. The Morgan fingerprint density at radius 3 is 2.50 bits per heavy atom. The third kappa shape index (κ3) is 4.20. The van der Waals surface area contributed by atoms with Crippen LogP contribution >= 0.6 is 0 Å². The van der Waals surface area contributed by atoms with Gasteiger partial charge in [0.2, 0.25) is 0 Å². The molecule has 2 aromatic carbocycles. The van der Waals surface area contributed by atoms with Crippen molar-refractivity contribution < 1.29 is 9.53 Å². The van der Waals surface area contributed by atoms with Gasteiger partial charge in [0.25, 0.3) is 5.56 Å². The molecule has 154 valence electrons. The normalized spacial score (nSPS) is 13.0. The summed E-state index contributed by atoms with van der Waals surface area (Å²) in [5, 5.41) is 0. The molecular formula is C23H23N3O4. The van der Waals surface area contributed by atoms with E-state index in [1.165, 1.54) is 9.47 Å². The highest BCUT2D eigenvalue weighted by Crippen LogP contribution is 2.15. The summed E-state index contributed by atoms with van der Waals surface area (Å²) in [6, 6.07) is 17.1. The quantitative estimate of drug-likeness (QED) is 0.723. The van der Waals surface area contributed by atoms with Crippen molar-refractivity contribution >= 4 is 6.09 Å². The molecule has 1 amide bonds. The summed E-state index contributed by atoms with van der Waals surface area (Å²) in [6.07, 6.45) is -0.0637. The van der Waals surface area contributed by atoms with Crippen LogP contribution < -0.4 is 11.2 Å². The summed E-state index contributed by atoms with van der Waals surface area (Å²) in [6.45, 7) is 2.84. The molecule has 0 aliphatic carbocycles. The SMILES string of the molecule is Cc1ccc(Cn2c(=O)[nH]c3c(c2=O)CN(C(=O)OCc2ccccc2)CC3)cc1. The Bertz CT molecular complexity index is 1160. The lowest BCUT2D eigenvalue weighted by Gasteiger charge is -2.27. The zero-order chi connectivity index (χ0) is 21.1. The van der Waals surface area contributed by atoms with E-state index in [1.54, 1.807) is 0 Å². The Balaban J connectivity index is 1.52. The average Bonchev–Trinajstić information content (AvgIpc) is 2.77. The largest absolute Gasteiger partial charge is 0.445 e. The number of hydrogen-bond acceptors (Lipinski definition) is 4. The van der Waals surface area contributed by atoms with Gasteiger partial charge in [0.15, 0.2) is 0 Å². The van der Waals surface area contributed by atoms with Crippen LogP contribution in [-0.4, -0.2) is 27.1 Å². The van der Waals surface area contributed by atoms with Crippen molar-refractivity contribution in [3.05, 3.63) is 103 Å². The second kappa shape index (κ2) is 8.41. The third-order valence-corrected chi connectivity index (χ3v) is 5.28. The number of H-pyrrole nitrogens is 1. The first-order valence-corrected chi connectivity index (χ1v) is 9.87. The number of aromatic amines is 1. The van der Waals surface area contributed by atoms with Gasteiger partial charge in [0, 0.05) is 18.7 Å². The van der Waals surface area contributed by atoms with E-state index in [0.29, 0.717) is 24.2 Å². The molecule has 0 saturated carbocycles. The molecule has 7 nitrogen and oxygen atoms in total. The van der Waals surface area contributed by atoms with Crippen molar-refractivity contribution in [3.63, 3.8) is 0 Å². The van der Waals surface area contributed by atoms with E-state index in [4.69, 9.17) is 4.74 Å². The van der Waals surface area contributed by atoms with Gasteiger partial charge in [-0.25, -0.2) is 9.59 Å². The molecule has 0 fully saturated rings. The van der Waals surface area contributed by atoms with Crippen LogP contribution in [0.25, 0.3) is 0 Å². The molecule has 3 aromatic rings. The minimum absolute atomic E-state index is 0.118. The average molecular weight is 405 g/mol. The molecule has 0 unspecified atom stereocenters. The third-order valence-electron chi connectivity index (χ3n) is 5.28. The highest BCUT2D eigenvalue weighted by atomic mass is 16.6. The number of benzene rings is 2. The van der Waals surface area contributed by atoms with Crippen LogP contribution in [0.5, 0.6) is 0 Å². The van der Waals surface area contributed by atoms with Gasteiger partial charge in [-0.2, -0.15) is 0 Å². The molecule has 2 heterocycles. The number of aromatic nitrogens is 2. The molecule has 0 bridgehead atoms. The summed E-state index contributed by atoms with van der Waals surface area (Å²) in [7, 11) is 0. The summed E-state index contributed by atoms with van der Waals surface area (Å²) < 4.78 is 6.57. The fourth-order valence-corrected chi connectivity index (χ4v) is 3.54. The molecule has 0 saturated heterocycles. The number of nitrogens with one attached hydrogen (secondary N) is 1. The molecule has 1 aliphatic heterocycles. The Morgan fingerprint density at radius 1 is 1.03 bits per heavy atom. The maximum atomic E-state index is 13.0. The number of carbonyl (C=O) groups excluding carboxylic acids is 1. The van der Waals surface area contributed by atoms with Crippen molar-refractivity contribution in [2.45, 2.75) is 33.0 Å². The van der Waals surface area contributed by atoms with E-state index in [-0.39, 0.29) is 25.3 Å². The first kappa shape index (κ1) is 19.7. The van der Waals surface area contributed by atoms with Gasteiger partial charge in [-0.15, -0.1) is 0 Å². The van der Waals surface area contributed by atoms with Crippen LogP contribution in [0.2, 0.25) is 0 Å². The lowest BCUT2D eigenvalue weighted by molar-refractivity contribution is 0.0912. The lowest BCUT2D eigenvalue weighted by Crippen LogP contribution is -2.45. The second-order valence-electron chi connectivity index (χ2n) is 7.48. The van der Waals surface area contributed by atoms with Gasteiger partial charge in [0.05, 0.1) is 18.7 Å². The number of rotatable bonds is 4. The van der Waals surface area contributed by atoms with Gasteiger partial charge in [0.1, 0.15) is 6.61 Å². The second-order valence-corrected chi connectivity index (χ2v) is 7.48. The van der Waals surface area contributed by atoms with Crippen LogP contribution in [0.3, 0.4) is 0 Å². The molecule has 0 spiro atoms. The zero-order valence-electron chi connectivity index (χ0n) is 16.8. The molecule has 1 N–H and O–H groups in total. The van der Waals surface area contributed by atoms with E-state index in [9.17, 15) is 14.4 Å². The number of fused-ring (bicyclic) bond motifs is 1. The highest BCUT2D eigenvalue weighted by Gasteiger charge is 2.26. The van der Waals surface area contributed by atoms with Crippen LogP contribution in [0.1, 0.15) is 27.9 Å². The van der Waals surface area contributed by atoms with Crippen molar-refractivity contribution in [1.82, 2.24) is 14.5 Å². The molecule has 7 heteroatoms. The standard InChI is InChI=1S/C23H23N3O4/c1-16-7-9-17(10-8-16)13-26-21(27)19-14-25(12-11-20(19)24-22(26)28)23(29)30-15-18-5-3-2-4-6-18/h2-10H,11-15H2,1H3,(H,24,28). The molecule has 30 heavy (non-hydrogen) atoms. The van der Waals surface area contributed by atoms with Gasteiger partial charge >= 0.3 is 11.8 Å². The summed E-state index contributed by atoms with van der Waals surface area (Å²) >= 11 is 0. The lowest BCUT2D eigenvalue weighted by atomic mass is 10.1. The number of aryl methyl sites for hydroxylation is 1. The molecule has 1 aromatic heterocycles. The molecular weight excluding hydrogens is 382 g/mol. The van der Waals surface area contributed by atoms with Crippen molar-refractivity contribution in [2.24, 2.45) is 0 Å². The predicted molar refractivity (Wildman–Crippen MR) is 112 cm³/mol. The van der Waals surface area contributed by atoms with Crippen LogP contribution in [0, 0.1) is 6.92 Å². The van der Waals surface area contributed by atoms with E-state index in [1.807, 2.05) is 61.5 Å². The van der Waals surface area contributed by atoms with E-state index in [0.717, 1.165) is 16.7 Å². The Morgan fingerprint density at radius 2 is 1.77 bits per heavy atom. The molecule has 4 rings (SSSR count). The smallest absolute Gasteiger partial charge is 0.410 e. The van der Waals surface area contributed by atoms with Crippen LogP contribution in [0.15, 0.2) is 64.2 Å². The number of amides is 1. The first-order valence-electron chi connectivity index (χ1n) is 9.87. The Kier molecular flexibility index (Phi) is 5.52. The Hall–Kier alpha value is -3.61. The van der Waals surface area contributed by atoms with Gasteiger partial charge in [-0.05, 0) is 18.1 Å².